The van der Waals surface area contributed by atoms with E-state index in [1.165, 1.54) is 12.0 Å². The van der Waals surface area contributed by atoms with Crippen molar-refractivity contribution in [3.8, 4) is 0 Å². The van der Waals surface area contributed by atoms with Crippen LogP contribution in [0.3, 0.4) is 0 Å². The number of rotatable bonds is 6. The lowest BCUT2D eigenvalue weighted by molar-refractivity contribution is -0.134. The summed E-state index contributed by atoms with van der Waals surface area (Å²) in [5.41, 5.74) is 6.95. The van der Waals surface area contributed by atoms with Crippen LogP contribution in [-0.4, -0.2) is 38.9 Å². The van der Waals surface area contributed by atoms with E-state index in [0.717, 1.165) is 17.9 Å². The van der Waals surface area contributed by atoms with E-state index in [4.69, 9.17) is 27.5 Å². The molecule has 1 aromatic carbocycles. The maximum absolute atomic E-state index is 9.96. The van der Waals surface area contributed by atoms with Crippen LogP contribution in [-0.2, 0) is 15.0 Å². The molecule has 1 aromatic rings. The van der Waals surface area contributed by atoms with Gasteiger partial charge in [-0.05, 0) is 50.8 Å². The van der Waals surface area contributed by atoms with E-state index >= 15 is 0 Å². The van der Waals surface area contributed by atoms with Crippen molar-refractivity contribution in [3.63, 3.8) is 0 Å². The molecule has 1 unspecified atom stereocenters. The summed E-state index contributed by atoms with van der Waals surface area (Å²) in [5, 5.41) is 26.3. The molecule has 0 heterocycles. The van der Waals surface area contributed by atoms with Gasteiger partial charge in [-0.3, -0.25) is 0 Å². The zero-order valence-corrected chi connectivity index (χ0v) is 15.7. The minimum absolute atomic E-state index is 0.00701. The highest BCUT2D eigenvalue weighted by Crippen LogP contribution is 2.47. The molecule has 2 rings (SSSR count). The van der Waals surface area contributed by atoms with Gasteiger partial charge in [0.1, 0.15) is 0 Å². The predicted octanol–water partition coefficient (Wildman–Crippen LogP) is 2.96. The van der Waals surface area contributed by atoms with Crippen molar-refractivity contribution in [3.05, 3.63) is 47.0 Å². The summed E-state index contributed by atoms with van der Waals surface area (Å²) < 4.78 is 0. The van der Waals surface area contributed by atoms with Crippen LogP contribution in [0.2, 0.25) is 5.02 Å². The summed E-state index contributed by atoms with van der Waals surface area (Å²) in [6.45, 7) is 3.64. The van der Waals surface area contributed by atoms with E-state index in [9.17, 15) is 14.7 Å². The van der Waals surface area contributed by atoms with Crippen molar-refractivity contribution >= 4 is 23.5 Å². The Bertz CT molecular complexity index is 629. The number of hydrogen-bond donors (Lipinski definition) is 4. The van der Waals surface area contributed by atoms with Crippen LogP contribution in [0.1, 0.15) is 45.1 Å². The van der Waals surface area contributed by atoms with Crippen LogP contribution in [0.15, 0.2) is 36.4 Å². The zero-order chi connectivity index (χ0) is 20.0. The Hall–Kier alpha value is -1.89. The topological polar surface area (TPSA) is 121 Å². The molecule has 5 N–H and O–H groups in total. The zero-order valence-electron chi connectivity index (χ0n) is 15.0. The molecule has 0 amide bonds. The van der Waals surface area contributed by atoms with Crippen molar-refractivity contribution in [2.24, 2.45) is 5.73 Å². The molecule has 1 saturated carbocycles. The van der Waals surface area contributed by atoms with Crippen LogP contribution in [0.25, 0.3) is 0 Å². The van der Waals surface area contributed by atoms with Gasteiger partial charge in [0.25, 0.3) is 0 Å². The van der Waals surface area contributed by atoms with E-state index in [1.54, 1.807) is 0 Å². The van der Waals surface area contributed by atoms with Gasteiger partial charge in [-0.2, -0.15) is 0 Å². The fourth-order valence-electron chi connectivity index (χ4n) is 3.09. The Balaban J connectivity index is 0.000000359. The molecule has 6 nitrogen and oxygen atoms in total. The first kappa shape index (κ1) is 22.2. The maximum atomic E-state index is 9.96. The molecule has 0 radical (unpaired) electrons. The molecule has 1 aliphatic rings. The second-order valence-electron chi connectivity index (χ2n) is 7.15. The highest BCUT2D eigenvalue weighted by atomic mass is 35.5. The van der Waals surface area contributed by atoms with E-state index in [0.29, 0.717) is 18.6 Å². The van der Waals surface area contributed by atoms with E-state index < -0.39 is 17.5 Å². The van der Waals surface area contributed by atoms with Gasteiger partial charge in [0.15, 0.2) is 0 Å². The standard InChI is InChI=1S/C15H22ClNO.C4H4O4/c1-14(2,18)10-13(17)15(8-3-9-15)11-4-6-12(16)7-5-11;5-3(6)1-2-4(7)8/h4-7,13,18H,3,8-10,17H2,1-2H3;1-2H,(H,5,6)(H,7,8)/b;2-1-. The third-order valence-corrected chi connectivity index (χ3v) is 4.71. The van der Waals surface area contributed by atoms with Crippen LogP contribution >= 0.6 is 11.6 Å². The van der Waals surface area contributed by atoms with Crippen LogP contribution in [0.5, 0.6) is 0 Å². The smallest absolute Gasteiger partial charge is 0.328 e. The van der Waals surface area contributed by atoms with Gasteiger partial charge in [0.2, 0.25) is 0 Å². The highest BCUT2D eigenvalue weighted by Gasteiger charge is 2.45. The Morgan fingerprint density at radius 3 is 1.96 bits per heavy atom. The van der Waals surface area contributed by atoms with E-state index in [2.05, 4.69) is 12.1 Å². The highest BCUT2D eigenvalue weighted by molar-refractivity contribution is 6.30. The second-order valence-corrected chi connectivity index (χ2v) is 7.59. The van der Waals surface area contributed by atoms with Crippen molar-refractivity contribution in [1.82, 2.24) is 0 Å². The third kappa shape index (κ3) is 6.78. The summed E-state index contributed by atoms with van der Waals surface area (Å²) in [6, 6.07) is 7.99. The predicted molar refractivity (Wildman–Crippen MR) is 100 cm³/mol. The molecule has 7 heteroatoms. The first-order chi connectivity index (χ1) is 12.0. The first-order valence-corrected chi connectivity index (χ1v) is 8.72. The average Bonchev–Trinajstić information content (AvgIpc) is 2.45. The molecule has 0 aromatic heterocycles. The quantitative estimate of drug-likeness (QED) is 0.560. The largest absolute Gasteiger partial charge is 0.478 e. The molecule has 26 heavy (non-hydrogen) atoms. The Labute approximate surface area is 158 Å². The van der Waals surface area contributed by atoms with Gasteiger partial charge in [-0.25, -0.2) is 9.59 Å². The molecule has 144 valence electrons. The number of halogens is 1. The lowest BCUT2D eigenvalue weighted by atomic mass is 9.59. The van der Waals surface area contributed by atoms with Crippen molar-refractivity contribution in [2.75, 3.05) is 0 Å². The van der Waals surface area contributed by atoms with E-state index in [1.807, 2.05) is 26.0 Å². The Morgan fingerprint density at radius 2 is 1.65 bits per heavy atom. The summed E-state index contributed by atoms with van der Waals surface area (Å²) >= 11 is 5.94. The SMILES string of the molecule is CC(C)(O)CC(N)C1(c2ccc(Cl)cc2)CCC1.O=C(O)/C=C\C(=O)O. The molecule has 0 aliphatic heterocycles. The monoisotopic (exact) mass is 383 g/mol. The van der Waals surface area contributed by atoms with Crippen molar-refractivity contribution in [2.45, 2.75) is 56.6 Å². The molecule has 1 atom stereocenters. The Kier molecular flexibility index (Phi) is 7.81. The lowest BCUT2D eigenvalue weighted by Gasteiger charge is -2.48. The molecule has 1 aliphatic carbocycles. The minimum atomic E-state index is -1.26. The molecular formula is C19H26ClNO5. The fraction of sp³-hybridized carbons (Fsp3) is 0.474. The van der Waals surface area contributed by atoms with E-state index in [-0.39, 0.29) is 11.5 Å². The first-order valence-electron chi connectivity index (χ1n) is 8.34. The maximum Gasteiger partial charge on any atom is 0.328 e. The molecule has 1 fully saturated rings. The number of hydrogen-bond acceptors (Lipinski definition) is 4. The summed E-state index contributed by atoms with van der Waals surface area (Å²) in [5.74, 6) is -2.51. The summed E-state index contributed by atoms with van der Waals surface area (Å²) in [7, 11) is 0. The fourth-order valence-corrected chi connectivity index (χ4v) is 3.22. The Morgan fingerprint density at radius 1 is 1.19 bits per heavy atom. The van der Waals surface area contributed by atoms with Gasteiger partial charge in [0.05, 0.1) is 5.60 Å². The average molecular weight is 384 g/mol. The minimum Gasteiger partial charge on any atom is -0.478 e. The van der Waals surface area contributed by atoms with Gasteiger partial charge in [0, 0.05) is 28.6 Å². The number of carbonyl (C=O) groups is 2. The normalized spacial score (nSPS) is 17.0. The van der Waals surface area contributed by atoms with Gasteiger partial charge in [-0.1, -0.05) is 30.2 Å². The number of carboxylic acids is 2. The number of aliphatic hydroxyl groups is 1. The molecule has 0 spiro atoms. The summed E-state index contributed by atoms with van der Waals surface area (Å²) in [6.07, 6.45) is 5.15. The second kappa shape index (κ2) is 9.16. The molecular weight excluding hydrogens is 358 g/mol. The van der Waals surface area contributed by atoms with Crippen molar-refractivity contribution < 1.29 is 24.9 Å². The molecule has 0 saturated heterocycles. The van der Waals surface area contributed by atoms with Crippen LogP contribution in [0, 0.1) is 0 Å². The summed E-state index contributed by atoms with van der Waals surface area (Å²) in [4.78, 5) is 19.1. The van der Waals surface area contributed by atoms with Gasteiger partial charge in [-0.15, -0.1) is 0 Å². The number of benzene rings is 1. The van der Waals surface area contributed by atoms with Crippen LogP contribution in [0.4, 0.5) is 0 Å². The third-order valence-electron chi connectivity index (χ3n) is 4.46. The van der Waals surface area contributed by atoms with Crippen molar-refractivity contribution in [1.29, 1.82) is 0 Å². The lowest BCUT2D eigenvalue weighted by Crippen LogP contribution is -2.52. The number of carboxylic acid groups (broad SMARTS) is 2. The number of aliphatic carboxylic acids is 2. The van der Waals surface area contributed by atoms with Gasteiger partial charge >= 0.3 is 11.9 Å². The number of nitrogens with two attached hydrogens (primary N) is 1. The van der Waals surface area contributed by atoms with Gasteiger partial charge < -0.3 is 21.1 Å². The van der Waals surface area contributed by atoms with Crippen LogP contribution < -0.4 is 5.73 Å². The molecule has 0 bridgehead atoms.